The summed E-state index contributed by atoms with van der Waals surface area (Å²) in [5, 5.41) is 0. The molecule has 2 nitrogen and oxygen atoms in total. The Balaban J connectivity index is 1.80. The molecule has 3 rings (SSSR count). The van der Waals surface area contributed by atoms with E-state index in [0.29, 0.717) is 0 Å². The second kappa shape index (κ2) is 5.45. The van der Waals surface area contributed by atoms with Gasteiger partial charge in [0.25, 0.3) is 0 Å². The molecular weight excluding hydrogens is 302 g/mol. The van der Waals surface area contributed by atoms with E-state index in [1.54, 1.807) is 7.11 Å². The molecule has 2 aliphatic heterocycles. The number of methoxy groups -OCH3 is 1. The van der Waals surface area contributed by atoms with Crippen molar-refractivity contribution in [1.29, 1.82) is 0 Å². The lowest BCUT2D eigenvalue weighted by Gasteiger charge is -2.37. The Labute approximate surface area is 124 Å². The Kier molecular flexibility index (Phi) is 3.86. The molecule has 2 heterocycles. The first kappa shape index (κ1) is 13.4. The maximum atomic E-state index is 5.52. The van der Waals surface area contributed by atoms with Crippen molar-refractivity contribution < 1.29 is 4.74 Å². The van der Waals surface area contributed by atoms with Crippen molar-refractivity contribution in [3.63, 3.8) is 0 Å². The van der Waals surface area contributed by atoms with Crippen LogP contribution in [0.4, 0.5) is 0 Å². The van der Waals surface area contributed by atoms with Crippen molar-refractivity contribution in [3.8, 4) is 5.75 Å². The van der Waals surface area contributed by atoms with E-state index in [-0.39, 0.29) is 0 Å². The van der Waals surface area contributed by atoms with Gasteiger partial charge in [0.1, 0.15) is 5.75 Å². The van der Waals surface area contributed by atoms with E-state index in [4.69, 9.17) is 4.74 Å². The van der Waals surface area contributed by atoms with Gasteiger partial charge in [-0.1, -0.05) is 33.6 Å². The van der Waals surface area contributed by atoms with E-state index < -0.39 is 0 Å². The van der Waals surface area contributed by atoms with Crippen LogP contribution in [0.5, 0.6) is 5.75 Å². The lowest BCUT2D eigenvalue weighted by Crippen LogP contribution is -2.42. The Morgan fingerprint density at radius 2 is 1.95 bits per heavy atom. The minimum absolute atomic E-state index is 0.723. The Morgan fingerprint density at radius 1 is 1.26 bits per heavy atom. The minimum atomic E-state index is 0.723. The summed E-state index contributed by atoms with van der Waals surface area (Å²) in [6.45, 7) is 3.20. The molecule has 0 spiro atoms. The number of alkyl halides is 1. The molecular formula is C16H22BrNO. The van der Waals surface area contributed by atoms with Crippen molar-refractivity contribution in [2.24, 2.45) is 0 Å². The van der Waals surface area contributed by atoms with E-state index >= 15 is 0 Å². The number of rotatable bonds is 3. The van der Waals surface area contributed by atoms with Crippen LogP contribution in [0.1, 0.15) is 36.8 Å². The van der Waals surface area contributed by atoms with E-state index in [2.05, 4.69) is 46.0 Å². The molecule has 2 atom stereocenters. The highest BCUT2D eigenvalue weighted by atomic mass is 79.9. The van der Waals surface area contributed by atoms with Crippen LogP contribution in [0.2, 0.25) is 0 Å². The Morgan fingerprint density at radius 3 is 2.58 bits per heavy atom. The largest absolute Gasteiger partial charge is 0.496 e. The van der Waals surface area contributed by atoms with Gasteiger partial charge >= 0.3 is 0 Å². The smallest absolute Gasteiger partial charge is 0.123 e. The van der Waals surface area contributed by atoms with Crippen LogP contribution in [0.15, 0.2) is 18.2 Å². The minimum Gasteiger partial charge on any atom is -0.496 e. The molecule has 2 bridgehead atoms. The van der Waals surface area contributed by atoms with E-state index in [1.807, 2.05) is 0 Å². The second-order valence-corrected chi connectivity index (χ2v) is 7.24. The number of halogens is 1. The topological polar surface area (TPSA) is 12.5 Å². The Bertz CT molecular complexity index is 448. The monoisotopic (exact) mass is 323 g/mol. The average Bonchev–Trinajstić information content (AvgIpc) is 2.62. The second-order valence-electron chi connectivity index (χ2n) is 5.94. The summed E-state index contributed by atoms with van der Waals surface area (Å²) in [7, 11) is 1.77. The summed E-state index contributed by atoms with van der Waals surface area (Å²) < 4.78 is 5.52. The van der Waals surface area contributed by atoms with Crippen LogP contribution in [0.25, 0.3) is 0 Å². The molecule has 0 saturated carbocycles. The van der Waals surface area contributed by atoms with Crippen molar-refractivity contribution in [2.75, 3.05) is 7.11 Å². The average molecular weight is 324 g/mol. The molecule has 0 aromatic heterocycles. The molecule has 2 saturated heterocycles. The molecule has 19 heavy (non-hydrogen) atoms. The van der Waals surface area contributed by atoms with Crippen LogP contribution < -0.4 is 4.74 Å². The fourth-order valence-electron chi connectivity index (χ4n) is 3.69. The summed E-state index contributed by atoms with van der Waals surface area (Å²) >= 11 is 3.81. The zero-order chi connectivity index (χ0) is 13.4. The summed E-state index contributed by atoms with van der Waals surface area (Å²) in [4.78, 5) is 3.43. The molecule has 2 fully saturated rings. The highest BCUT2D eigenvalue weighted by Gasteiger charge is 2.39. The van der Waals surface area contributed by atoms with Gasteiger partial charge in [-0.25, -0.2) is 0 Å². The van der Waals surface area contributed by atoms with E-state index in [1.165, 1.54) is 36.8 Å². The van der Waals surface area contributed by atoms with Crippen LogP contribution >= 0.6 is 15.9 Å². The quantitative estimate of drug-likeness (QED) is 0.782. The third-order valence-electron chi connectivity index (χ3n) is 4.62. The normalized spacial score (nSPS) is 30.6. The first-order chi connectivity index (χ1) is 9.17. The SMILES string of the molecule is COc1ccc(C)cc1CN1C2CCC1CC(Br)C2. The Hall–Kier alpha value is -0.540. The summed E-state index contributed by atoms with van der Waals surface area (Å²) in [6, 6.07) is 8.02. The van der Waals surface area contributed by atoms with Gasteiger partial charge in [-0.3, -0.25) is 4.90 Å². The molecule has 0 radical (unpaired) electrons. The highest BCUT2D eigenvalue weighted by molar-refractivity contribution is 9.09. The van der Waals surface area contributed by atoms with E-state index in [0.717, 1.165) is 29.2 Å². The maximum absolute atomic E-state index is 5.52. The number of fused-ring (bicyclic) bond motifs is 2. The lowest BCUT2D eigenvalue weighted by molar-refractivity contribution is 0.135. The number of ether oxygens (including phenoxy) is 1. The van der Waals surface area contributed by atoms with Crippen molar-refractivity contribution in [3.05, 3.63) is 29.3 Å². The zero-order valence-corrected chi connectivity index (χ0v) is 13.3. The third-order valence-corrected chi connectivity index (χ3v) is 5.36. The van der Waals surface area contributed by atoms with Gasteiger partial charge in [0, 0.05) is 29.0 Å². The van der Waals surface area contributed by atoms with Gasteiger partial charge in [0.2, 0.25) is 0 Å². The molecule has 0 N–H and O–H groups in total. The molecule has 104 valence electrons. The molecule has 3 heteroatoms. The van der Waals surface area contributed by atoms with Crippen molar-refractivity contribution in [2.45, 2.75) is 56.1 Å². The number of aryl methyl sites for hydroxylation is 1. The van der Waals surface area contributed by atoms with Crippen LogP contribution in [0, 0.1) is 6.92 Å². The predicted octanol–water partition coefficient (Wildman–Crippen LogP) is 3.89. The van der Waals surface area contributed by atoms with Gasteiger partial charge in [0.15, 0.2) is 0 Å². The molecule has 1 aromatic carbocycles. The standard InChI is InChI=1S/C16H22BrNO/c1-11-3-6-16(19-2)12(7-11)10-18-14-4-5-15(18)9-13(17)8-14/h3,6-7,13-15H,4-5,8-10H2,1-2H3. The molecule has 0 aliphatic carbocycles. The number of piperidine rings is 1. The van der Waals surface area contributed by atoms with Crippen LogP contribution in [0.3, 0.4) is 0 Å². The molecule has 1 aromatic rings. The molecule has 2 unspecified atom stereocenters. The third kappa shape index (κ3) is 2.68. The van der Waals surface area contributed by atoms with Gasteiger partial charge in [-0.2, -0.15) is 0 Å². The number of benzene rings is 1. The maximum Gasteiger partial charge on any atom is 0.123 e. The van der Waals surface area contributed by atoms with Gasteiger partial charge < -0.3 is 4.74 Å². The summed E-state index contributed by atoms with van der Waals surface area (Å²) in [5.41, 5.74) is 2.66. The van der Waals surface area contributed by atoms with Gasteiger partial charge in [-0.05, 0) is 38.7 Å². The summed E-state index contributed by atoms with van der Waals surface area (Å²) in [5.74, 6) is 1.03. The lowest BCUT2D eigenvalue weighted by atomic mass is 10.0. The summed E-state index contributed by atoms with van der Waals surface area (Å²) in [6.07, 6.45) is 5.32. The first-order valence-corrected chi connectivity index (χ1v) is 8.12. The number of hydrogen-bond acceptors (Lipinski definition) is 2. The first-order valence-electron chi connectivity index (χ1n) is 7.20. The van der Waals surface area contributed by atoms with Crippen molar-refractivity contribution in [1.82, 2.24) is 4.90 Å². The number of hydrogen-bond donors (Lipinski definition) is 0. The highest BCUT2D eigenvalue weighted by Crippen LogP contribution is 2.40. The zero-order valence-electron chi connectivity index (χ0n) is 11.7. The fraction of sp³-hybridized carbons (Fsp3) is 0.625. The van der Waals surface area contributed by atoms with Crippen molar-refractivity contribution >= 4 is 15.9 Å². The van der Waals surface area contributed by atoms with Gasteiger partial charge in [0.05, 0.1) is 7.11 Å². The fourth-order valence-corrected chi connectivity index (χ4v) is 4.56. The van der Waals surface area contributed by atoms with Gasteiger partial charge in [-0.15, -0.1) is 0 Å². The van der Waals surface area contributed by atoms with Crippen LogP contribution in [-0.2, 0) is 6.54 Å². The number of nitrogens with zero attached hydrogens (tertiary/aromatic N) is 1. The molecule has 2 aliphatic rings. The predicted molar refractivity (Wildman–Crippen MR) is 82.0 cm³/mol. The molecule has 0 amide bonds. The van der Waals surface area contributed by atoms with Crippen LogP contribution in [-0.4, -0.2) is 28.9 Å². The van der Waals surface area contributed by atoms with E-state index in [9.17, 15) is 0 Å².